The highest BCUT2D eigenvalue weighted by Gasteiger charge is 2.35. The van der Waals surface area contributed by atoms with Gasteiger partial charge in [0, 0.05) is 6.42 Å². The number of amides is 2. The molecule has 0 aromatic heterocycles. The van der Waals surface area contributed by atoms with Crippen LogP contribution in [0.4, 0.5) is 14.5 Å². The minimum atomic E-state index is -2.93. The Morgan fingerprint density at radius 3 is 2.59 bits per heavy atom. The van der Waals surface area contributed by atoms with Crippen LogP contribution in [0.25, 0.3) is 0 Å². The zero-order valence-electron chi connectivity index (χ0n) is 15.6. The number of anilines is 1. The number of benzene rings is 2. The predicted octanol–water partition coefficient (Wildman–Crippen LogP) is 2.59. The van der Waals surface area contributed by atoms with Crippen molar-refractivity contribution in [1.82, 2.24) is 5.32 Å². The number of primary amides is 1. The molecular weight excluding hydrogens is 382 g/mol. The third kappa shape index (κ3) is 4.87. The first-order chi connectivity index (χ1) is 13.8. The molecule has 0 fully saturated rings. The molecule has 29 heavy (non-hydrogen) atoms. The van der Waals surface area contributed by atoms with Crippen molar-refractivity contribution < 1.29 is 23.1 Å². The average Bonchev–Trinajstić information content (AvgIpc) is 3.14. The smallest absolute Gasteiger partial charge is 0.387 e. The molecule has 0 radical (unpaired) electrons. The summed E-state index contributed by atoms with van der Waals surface area (Å²) in [6.45, 7) is -1.23. The molecule has 2 amide bonds. The zero-order chi connectivity index (χ0) is 21.0. The van der Waals surface area contributed by atoms with Crippen LogP contribution in [0.15, 0.2) is 59.7 Å². The molecule has 0 spiro atoms. The number of rotatable bonds is 7. The Labute approximate surface area is 166 Å². The number of hydrogen-bond acceptors (Lipinski definition) is 5. The maximum absolute atomic E-state index is 12.7. The lowest BCUT2D eigenvalue weighted by atomic mass is 10.1. The molecular formula is C20H20F2N4O3. The molecule has 2 aromatic rings. The SMILES string of the molecule is CC(NC(=O)C1=NN(c2ccccc2)C(C(N)=O)C1)c1cccc(OC(F)F)c1. The Balaban J connectivity index is 1.74. The van der Waals surface area contributed by atoms with Gasteiger partial charge in [0.15, 0.2) is 0 Å². The van der Waals surface area contributed by atoms with E-state index >= 15 is 0 Å². The van der Waals surface area contributed by atoms with Crippen LogP contribution in [0.3, 0.4) is 0 Å². The highest BCUT2D eigenvalue weighted by Crippen LogP contribution is 2.25. The van der Waals surface area contributed by atoms with Gasteiger partial charge in [0.2, 0.25) is 5.91 Å². The summed E-state index contributed by atoms with van der Waals surface area (Å²) in [4.78, 5) is 24.5. The van der Waals surface area contributed by atoms with Crippen LogP contribution in [0.1, 0.15) is 24.9 Å². The molecule has 0 bridgehead atoms. The van der Waals surface area contributed by atoms with Gasteiger partial charge in [-0.15, -0.1) is 0 Å². The molecule has 2 unspecified atom stereocenters. The monoisotopic (exact) mass is 402 g/mol. The van der Waals surface area contributed by atoms with E-state index in [-0.39, 0.29) is 17.9 Å². The van der Waals surface area contributed by atoms with E-state index in [9.17, 15) is 18.4 Å². The van der Waals surface area contributed by atoms with Crippen LogP contribution in [-0.4, -0.2) is 30.2 Å². The van der Waals surface area contributed by atoms with E-state index in [2.05, 4.69) is 15.2 Å². The number of alkyl halides is 2. The number of nitrogens with zero attached hydrogens (tertiary/aromatic N) is 2. The third-order valence-electron chi connectivity index (χ3n) is 4.45. The molecule has 1 aliphatic rings. The fourth-order valence-corrected chi connectivity index (χ4v) is 3.01. The third-order valence-corrected chi connectivity index (χ3v) is 4.45. The van der Waals surface area contributed by atoms with Crippen LogP contribution in [0.5, 0.6) is 5.75 Å². The van der Waals surface area contributed by atoms with Crippen molar-refractivity contribution in [2.75, 3.05) is 5.01 Å². The first kappa shape index (κ1) is 20.2. The molecule has 7 nitrogen and oxygen atoms in total. The summed E-state index contributed by atoms with van der Waals surface area (Å²) < 4.78 is 29.2. The van der Waals surface area contributed by atoms with Gasteiger partial charge in [-0.3, -0.25) is 14.6 Å². The lowest BCUT2D eigenvalue weighted by Gasteiger charge is -2.20. The van der Waals surface area contributed by atoms with E-state index in [4.69, 9.17) is 5.73 Å². The van der Waals surface area contributed by atoms with E-state index in [1.54, 1.807) is 43.3 Å². The van der Waals surface area contributed by atoms with Crippen LogP contribution in [-0.2, 0) is 9.59 Å². The number of para-hydroxylation sites is 1. The molecule has 0 saturated heterocycles. The Bertz CT molecular complexity index is 921. The van der Waals surface area contributed by atoms with Crippen LogP contribution in [0, 0.1) is 0 Å². The highest BCUT2D eigenvalue weighted by molar-refractivity contribution is 6.40. The summed E-state index contributed by atoms with van der Waals surface area (Å²) in [6.07, 6.45) is 0.0668. The minimum Gasteiger partial charge on any atom is -0.435 e. The van der Waals surface area contributed by atoms with Gasteiger partial charge in [0.05, 0.1) is 11.7 Å². The first-order valence-electron chi connectivity index (χ1n) is 8.92. The number of carbonyl (C=O) groups is 2. The largest absolute Gasteiger partial charge is 0.435 e. The van der Waals surface area contributed by atoms with Crippen molar-refractivity contribution in [3.8, 4) is 5.75 Å². The maximum Gasteiger partial charge on any atom is 0.387 e. The van der Waals surface area contributed by atoms with E-state index in [0.717, 1.165) is 0 Å². The number of hydrogen-bond donors (Lipinski definition) is 2. The van der Waals surface area contributed by atoms with Crippen LogP contribution < -0.4 is 20.8 Å². The second-order valence-electron chi connectivity index (χ2n) is 6.50. The lowest BCUT2D eigenvalue weighted by molar-refractivity contribution is -0.119. The summed E-state index contributed by atoms with van der Waals surface area (Å²) in [5, 5.41) is 8.47. The van der Waals surface area contributed by atoms with E-state index < -0.39 is 30.5 Å². The van der Waals surface area contributed by atoms with Crippen molar-refractivity contribution in [3.05, 3.63) is 60.2 Å². The number of hydrazone groups is 1. The highest BCUT2D eigenvalue weighted by atomic mass is 19.3. The van der Waals surface area contributed by atoms with Crippen LogP contribution >= 0.6 is 0 Å². The van der Waals surface area contributed by atoms with E-state index in [1.165, 1.54) is 17.1 Å². The van der Waals surface area contributed by atoms with Gasteiger partial charge >= 0.3 is 6.61 Å². The molecule has 1 aliphatic heterocycles. The summed E-state index contributed by atoms with van der Waals surface area (Å²) >= 11 is 0. The summed E-state index contributed by atoms with van der Waals surface area (Å²) in [7, 11) is 0. The number of halogens is 2. The molecule has 2 aromatic carbocycles. The summed E-state index contributed by atoms with van der Waals surface area (Å²) in [5.41, 5.74) is 6.86. The number of ether oxygens (including phenoxy) is 1. The van der Waals surface area contributed by atoms with Gasteiger partial charge in [-0.2, -0.15) is 13.9 Å². The van der Waals surface area contributed by atoms with Gasteiger partial charge in [-0.1, -0.05) is 30.3 Å². The number of nitrogens with two attached hydrogens (primary N) is 1. The fraction of sp³-hybridized carbons (Fsp3) is 0.250. The maximum atomic E-state index is 12.7. The van der Waals surface area contributed by atoms with Crippen molar-refractivity contribution >= 4 is 23.2 Å². The van der Waals surface area contributed by atoms with Gasteiger partial charge in [-0.05, 0) is 36.8 Å². The molecule has 0 aliphatic carbocycles. The Morgan fingerprint density at radius 2 is 1.93 bits per heavy atom. The van der Waals surface area contributed by atoms with Gasteiger partial charge < -0.3 is 15.8 Å². The summed E-state index contributed by atoms with van der Waals surface area (Å²) in [5.74, 6) is -1.06. The fourth-order valence-electron chi connectivity index (χ4n) is 3.01. The second-order valence-corrected chi connectivity index (χ2v) is 6.50. The minimum absolute atomic E-state index is 0.000788. The van der Waals surface area contributed by atoms with E-state index in [0.29, 0.717) is 11.3 Å². The second kappa shape index (κ2) is 8.68. The molecule has 0 saturated carbocycles. The Kier molecular flexibility index (Phi) is 6.06. The van der Waals surface area contributed by atoms with Crippen molar-refractivity contribution in [2.45, 2.75) is 32.0 Å². The molecule has 3 N–H and O–H groups in total. The number of nitrogens with one attached hydrogen (secondary N) is 1. The van der Waals surface area contributed by atoms with Gasteiger partial charge in [0.25, 0.3) is 5.91 Å². The van der Waals surface area contributed by atoms with Gasteiger partial charge in [0.1, 0.15) is 17.5 Å². The number of carbonyl (C=O) groups excluding carboxylic acids is 2. The first-order valence-corrected chi connectivity index (χ1v) is 8.92. The predicted molar refractivity (Wildman–Crippen MR) is 104 cm³/mol. The molecule has 1 heterocycles. The Morgan fingerprint density at radius 1 is 1.21 bits per heavy atom. The molecule has 3 rings (SSSR count). The van der Waals surface area contributed by atoms with E-state index in [1.807, 2.05) is 6.07 Å². The van der Waals surface area contributed by atoms with Crippen molar-refractivity contribution in [2.24, 2.45) is 10.8 Å². The quantitative estimate of drug-likeness (QED) is 0.744. The zero-order valence-corrected chi connectivity index (χ0v) is 15.6. The standard InChI is InChI=1S/C20H20F2N4O3/c1-12(13-6-5-9-15(10-13)29-20(21)22)24-19(28)16-11-17(18(23)27)26(25-16)14-7-3-2-4-8-14/h2-10,12,17,20H,11H2,1H3,(H2,23,27)(H,24,28). The van der Waals surface area contributed by atoms with Crippen molar-refractivity contribution in [1.29, 1.82) is 0 Å². The lowest BCUT2D eigenvalue weighted by Crippen LogP contribution is -2.40. The molecule has 152 valence electrons. The summed E-state index contributed by atoms with van der Waals surface area (Å²) in [6, 6.07) is 13.7. The Hall–Kier alpha value is -3.49. The topological polar surface area (TPSA) is 97.0 Å². The van der Waals surface area contributed by atoms with Crippen LogP contribution in [0.2, 0.25) is 0 Å². The molecule has 2 atom stereocenters. The average molecular weight is 402 g/mol. The van der Waals surface area contributed by atoms with Crippen molar-refractivity contribution in [3.63, 3.8) is 0 Å². The van der Waals surface area contributed by atoms with Gasteiger partial charge in [-0.25, -0.2) is 0 Å². The normalized spacial score (nSPS) is 17.0. The molecule has 9 heteroatoms.